The third kappa shape index (κ3) is 4.43. The van der Waals surface area contributed by atoms with Gasteiger partial charge in [-0.15, -0.1) is 8.79 Å². The summed E-state index contributed by atoms with van der Waals surface area (Å²) in [7, 11) is 0.713. The molecule has 11 rings (SSSR count). The number of hydrogen-bond acceptors (Lipinski definition) is 1. The Labute approximate surface area is 309 Å². The molecule has 8 aromatic carbocycles. The van der Waals surface area contributed by atoms with Crippen molar-refractivity contribution < 1.29 is 4.42 Å². The van der Waals surface area contributed by atoms with Crippen molar-refractivity contribution in [3.8, 4) is 11.4 Å². The molecule has 1 unspecified atom stereocenters. The van der Waals surface area contributed by atoms with Crippen LogP contribution in [0, 0.1) is 0 Å². The summed E-state index contributed by atoms with van der Waals surface area (Å²) < 4.78 is 11.7. The molecule has 0 aliphatic carbocycles. The van der Waals surface area contributed by atoms with Gasteiger partial charge in [0.05, 0.1) is 22.1 Å². The summed E-state index contributed by atoms with van der Waals surface area (Å²) in [6.07, 6.45) is 0. The van der Waals surface area contributed by atoms with E-state index in [9.17, 15) is 0 Å². The Morgan fingerprint density at radius 1 is 0.377 bits per heavy atom. The van der Waals surface area contributed by atoms with E-state index >= 15 is 0 Å². The lowest BCUT2D eigenvalue weighted by Crippen LogP contribution is -2.62. The van der Waals surface area contributed by atoms with Gasteiger partial charge in [-0.1, -0.05) is 133 Å². The first kappa shape index (κ1) is 30.4. The van der Waals surface area contributed by atoms with Crippen LogP contribution >= 0.6 is 8.79 Å². The molecule has 0 saturated carbocycles. The largest absolute Gasteiger partial charge is 0.456 e. The molecule has 3 aromatic heterocycles. The van der Waals surface area contributed by atoms with E-state index in [2.05, 4.69) is 206 Å². The van der Waals surface area contributed by atoms with E-state index in [1.165, 1.54) is 59.2 Å². The minimum absolute atomic E-state index is 0.904. The number of rotatable bonds is 5. The Bertz CT molecular complexity index is 3100. The molecule has 0 N–H and O–H groups in total. The number of fused-ring (bicyclic) bond motifs is 9. The van der Waals surface area contributed by atoms with Crippen molar-refractivity contribution >= 4 is 97.6 Å². The zero-order valence-electron chi connectivity index (χ0n) is 28.8. The molecular weight excluding hydrogens is 680 g/mol. The molecule has 0 aliphatic rings. The molecule has 0 amide bonds. The van der Waals surface area contributed by atoms with Gasteiger partial charge in [-0.3, -0.25) is 0 Å². The van der Waals surface area contributed by atoms with Gasteiger partial charge in [0.2, 0.25) is 0 Å². The van der Waals surface area contributed by atoms with E-state index in [4.69, 9.17) is 4.42 Å². The van der Waals surface area contributed by atoms with Crippen LogP contribution in [0.2, 0.25) is 0 Å². The smallest absolute Gasteiger partial charge is 0.173 e. The Kier molecular flexibility index (Phi) is 6.70. The number of para-hydroxylation sites is 4. The second-order valence-electron chi connectivity index (χ2n) is 13.9. The van der Waals surface area contributed by atoms with Crippen LogP contribution in [0.3, 0.4) is 0 Å². The first-order valence-corrected chi connectivity index (χ1v) is 21.9. The third-order valence-corrected chi connectivity index (χ3v) is 17.7. The fourth-order valence-corrected chi connectivity index (χ4v) is 13.8. The van der Waals surface area contributed by atoms with Gasteiger partial charge in [0.1, 0.15) is 11.2 Å². The van der Waals surface area contributed by atoms with E-state index in [1.54, 1.807) is 0 Å². The van der Waals surface area contributed by atoms with E-state index in [0.29, 0.717) is 0 Å². The van der Waals surface area contributed by atoms with Crippen LogP contribution in [0.5, 0.6) is 0 Å². The van der Waals surface area contributed by atoms with Crippen LogP contribution in [0.1, 0.15) is 0 Å². The summed E-state index contributed by atoms with van der Waals surface area (Å²) in [6, 6.07) is 68.4. The molecule has 0 aliphatic heterocycles. The Balaban J connectivity index is 1.23. The van der Waals surface area contributed by atoms with Crippen LogP contribution in [0.25, 0.3) is 76.9 Å². The number of nitrogens with zero attached hydrogens (tertiary/aromatic N) is 2. The quantitative estimate of drug-likeness (QED) is 0.0990. The Hall–Kier alpha value is -6.19. The van der Waals surface area contributed by atoms with Gasteiger partial charge in [0, 0.05) is 43.7 Å². The van der Waals surface area contributed by atoms with Crippen LogP contribution in [-0.2, 0) is 0 Å². The first-order valence-electron chi connectivity index (χ1n) is 18.1. The highest BCUT2D eigenvalue weighted by molar-refractivity contribution is 7.79. The average Bonchev–Trinajstić information content (AvgIpc) is 3.88. The topological polar surface area (TPSA) is 23.0 Å². The molecule has 0 spiro atoms. The molecule has 0 fully saturated rings. The predicted octanol–water partition coefficient (Wildman–Crippen LogP) is 10.6. The second kappa shape index (κ2) is 11.7. The molecule has 0 bridgehead atoms. The Morgan fingerprint density at radius 2 is 0.830 bits per heavy atom. The van der Waals surface area contributed by atoms with Gasteiger partial charge in [0.25, 0.3) is 0 Å². The van der Waals surface area contributed by atoms with Gasteiger partial charge >= 0.3 is 0 Å². The van der Waals surface area contributed by atoms with Gasteiger partial charge in [0.15, 0.2) is 7.74 Å². The van der Waals surface area contributed by atoms with Crippen molar-refractivity contribution in [3.05, 3.63) is 188 Å². The normalized spacial score (nSPS) is 12.2. The maximum Gasteiger partial charge on any atom is 0.173 e. The fourth-order valence-electron chi connectivity index (χ4n) is 8.69. The number of hydrogen-bond donors (Lipinski definition) is 0. The summed E-state index contributed by atoms with van der Waals surface area (Å²) in [6.45, 7) is 0. The third-order valence-electron chi connectivity index (χ3n) is 11.1. The van der Waals surface area contributed by atoms with Crippen LogP contribution in [0.4, 0.5) is 0 Å². The molecule has 250 valence electrons. The lowest BCUT2D eigenvalue weighted by atomic mass is 10.1. The van der Waals surface area contributed by atoms with Crippen molar-refractivity contribution in [1.29, 1.82) is 0 Å². The van der Waals surface area contributed by atoms with Crippen LogP contribution in [0.15, 0.2) is 192 Å². The maximum atomic E-state index is 6.86. The highest BCUT2D eigenvalue weighted by atomic mass is 31.3. The predicted molar refractivity (Wildman–Crippen MR) is 230 cm³/mol. The summed E-state index contributed by atoms with van der Waals surface area (Å²) >= 11 is 0. The lowest BCUT2D eigenvalue weighted by molar-refractivity contribution is 0.671. The van der Waals surface area contributed by atoms with Crippen molar-refractivity contribution in [3.63, 3.8) is 0 Å². The van der Waals surface area contributed by atoms with Crippen molar-refractivity contribution in [2.24, 2.45) is 0 Å². The molecular formula is C48H33N2OPSi. The Morgan fingerprint density at radius 3 is 1.43 bits per heavy atom. The minimum Gasteiger partial charge on any atom is -0.456 e. The zero-order valence-corrected chi connectivity index (χ0v) is 30.9. The van der Waals surface area contributed by atoms with Crippen LogP contribution < -0.4 is 15.6 Å². The summed E-state index contributed by atoms with van der Waals surface area (Å²) in [5.74, 6) is 0. The first-order chi connectivity index (χ1) is 26.2. The zero-order chi connectivity index (χ0) is 35.1. The standard InChI is InChI=1S/C48H33N2OPSi/c52-53(34-15-3-1-4-16-34,35-17-5-2-6-18-35)47-31-33(30-41-39-22-10-14-26-46(39)51-48(41)47)50-44-25-13-9-21-38(44)40-29-32(27-28-45(40)50)49-42-23-11-7-19-36(42)37-20-8-12-24-43(37)49/h1-31H,52H2. The molecule has 5 heteroatoms. The van der Waals surface area contributed by atoms with Gasteiger partial charge in [-0.25, -0.2) is 0 Å². The van der Waals surface area contributed by atoms with Crippen molar-refractivity contribution in [2.45, 2.75) is 0 Å². The number of furan rings is 1. The van der Waals surface area contributed by atoms with Gasteiger partial charge in [-0.2, -0.15) is 0 Å². The summed E-state index contributed by atoms with van der Waals surface area (Å²) in [5.41, 5.74) is 8.91. The molecule has 11 aromatic rings. The number of benzene rings is 8. The lowest BCUT2D eigenvalue weighted by Gasteiger charge is -2.29. The van der Waals surface area contributed by atoms with E-state index in [0.717, 1.165) is 33.3 Å². The van der Waals surface area contributed by atoms with Crippen LogP contribution in [-0.4, -0.2) is 16.9 Å². The van der Waals surface area contributed by atoms with Gasteiger partial charge < -0.3 is 13.6 Å². The monoisotopic (exact) mass is 712 g/mol. The highest BCUT2D eigenvalue weighted by Crippen LogP contribution is 2.39. The van der Waals surface area contributed by atoms with Crippen molar-refractivity contribution in [2.75, 3.05) is 0 Å². The fraction of sp³-hybridized carbons (Fsp3) is 0. The molecule has 0 saturated heterocycles. The van der Waals surface area contributed by atoms with E-state index in [1.807, 2.05) is 0 Å². The highest BCUT2D eigenvalue weighted by Gasteiger charge is 2.38. The van der Waals surface area contributed by atoms with E-state index < -0.39 is 7.74 Å². The molecule has 1 atom stereocenters. The molecule has 3 heterocycles. The van der Waals surface area contributed by atoms with Gasteiger partial charge in [-0.05, 0) is 70.2 Å². The molecule has 53 heavy (non-hydrogen) atoms. The average molecular weight is 713 g/mol. The SMILES string of the molecule is P[Si](c1ccccc1)(c1ccccc1)c1cc(-n2c3ccccc3c3cc(-n4c5ccccc5c5ccccc54)ccc32)cc2c1oc1ccccc12. The molecule has 0 radical (unpaired) electrons. The summed E-state index contributed by atoms with van der Waals surface area (Å²) in [5, 5.41) is 11.1. The van der Waals surface area contributed by atoms with Crippen molar-refractivity contribution in [1.82, 2.24) is 9.13 Å². The maximum absolute atomic E-state index is 6.86. The molecule has 3 nitrogen and oxygen atoms in total. The minimum atomic E-state index is -2.68. The number of aromatic nitrogens is 2. The second-order valence-corrected chi connectivity index (χ2v) is 19.8. The van der Waals surface area contributed by atoms with E-state index in [-0.39, 0.29) is 0 Å². The summed E-state index contributed by atoms with van der Waals surface area (Å²) in [4.78, 5) is 0.